The average Bonchev–Trinajstić information content (AvgIpc) is 2.88. The molecule has 2 fully saturated rings. The van der Waals surface area contributed by atoms with Gasteiger partial charge in [-0.05, 0) is 25.5 Å². The predicted octanol–water partition coefficient (Wildman–Crippen LogP) is 1.07. The topological polar surface area (TPSA) is 63.7 Å². The van der Waals surface area contributed by atoms with Crippen LogP contribution in [0.25, 0.3) is 0 Å². The Bertz CT molecular complexity index is 608. The zero-order chi connectivity index (χ0) is 13.6. The summed E-state index contributed by atoms with van der Waals surface area (Å²) < 4.78 is 31.6. The van der Waals surface area contributed by atoms with Crippen molar-refractivity contribution in [2.24, 2.45) is 0 Å². The smallest absolute Gasteiger partial charge is 0.307 e. The number of sulfonamides is 1. The summed E-state index contributed by atoms with van der Waals surface area (Å²) in [5, 5.41) is 0. The van der Waals surface area contributed by atoms with Crippen LogP contribution in [0.5, 0.6) is 0 Å². The van der Waals surface area contributed by atoms with Crippen molar-refractivity contribution >= 4 is 16.0 Å². The molecule has 102 valence electrons. The summed E-state index contributed by atoms with van der Waals surface area (Å²) in [5.74, 6) is -0.307. The Hall–Kier alpha value is -1.40. The van der Waals surface area contributed by atoms with Crippen LogP contribution in [0.1, 0.15) is 18.4 Å². The third kappa shape index (κ3) is 2.04. The summed E-state index contributed by atoms with van der Waals surface area (Å²) in [6.45, 7) is 2.32. The fourth-order valence-electron chi connectivity index (χ4n) is 2.70. The number of hydrogen-bond donors (Lipinski definition) is 0. The first-order chi connectivity index (χ1) is 8.98. The minimum atomic E-state index is -3.53. The van der Waals surface area contributed by atoms with Gasteiger partial charge in [-0.2, -0.15) is 4.31 Å². The zero-order valence-corrected chi connectivity index (χ0v) is 11.4. The maximum absolute atomic E-state index is 12.6. The maximum Gasteiger partial charge on any atom is 0.307 e. The molecular formula is C13H15NO4S. The number of benzene rings is 1. The van der Waals surface area contributed by atoms with Gasteiger partial charge in [-0.3, -0.25) is 4.79 Å². The van der Waals surface area contributed by atoms with Crippen LogP contribution in [0.15, 0.2) is 29.2 Å². The molecule has 6 heteroatoms. The SMILES string of the molecule is Cc1ccc(S(=O)(=O)N2CC[C@H]3OC(=O)C[C@H]32)cc1. The summed E-state index contributed by atoms with van der Waals surface area (Å²) in [6, 6.07) is 6.43. The first-order valence-electron chi connectivity index (χ1n) is 6.26. The number of rotatable bonds is 2. The number of nitrogens with zero attached hydrogens (tertiary/aromatic N) is 1. The first-order valence-corrected chi connectivity index (χ1v) is 7.70. The molecule has 0 amide bonds. The maximum atomic E-state index is 12.6. The number of carbonyl (C=O) groups is 1. The molecule has 0 bridgehead atoms. The van der Waals surface area contributed by atoms with Crippen LogP contribution in [0, 0.1) is 6.92 Å². The number of ether oxygens (including phenoxy) is 1. The largest absolute Gasteiger partial charge is 0.461 e. The van der Waals surface area contributed by atoms with E-state index in [9.17, 15) is 13.2 Å². The summed E-state index contributed by atoms with van der Waals surface area (Å²) in [4.78, 5) is 11.5. The second-order valence-electron chi connectivity index (χ2n) is 5.02. The van der Waals surface area contributed by atoms with Crippen molar-refractivity contribution < 1.29 is 17.9 Å². The lowest BCUT2D eigenvalue weighted by molar-refractivity contribution is -0.141. The Morgan fingerprint density at radius 1 is 1.26 bits per heavy atom. The lowest BCUT2D eigenvalue weighted by Gasteiger charge is -2.21. The lowest BCUT2D eigenvalue weighted by Crippen LogP contribution is -2.37. The lowest BCUT2D eigenvalue weighted by atomic mass is 10.2. The van der Waals surface area contributed by atoms with Crippen molar-refractivity contribution in [1.82, 2.24) is 4.31 Å². The molecule has 0 aliphatic carbocycles. The van der Waals surface area contributed by atoms with E-state index < -0.39 is 10.0 Å². The number of carbonyl (C=O) groups excluding carboxylic acids is 1. The van der Waals surface area contributed by atoms with Crippen molar-refractivity contribution in [1.29, 1.82) is 0 Å². The van der Waals surface area contributed by atoms with Crippen molar-refractivity contribution in [3.8, 4) is 0 Å². The van der Waals surface area contributed by atoms with Gasteiger partial charge in [0.15, 0.2) is 0 Å². The molecule has 2 saturated heterocycles. The fraction of sp³-hybridized carbons (Fsp3) is 0.462. The Kier molecular flexibility index (Phi) is 2.87. The van der Waals surface area contributed by atoms with Crippen molar-refractivity contribution in [3.63, 3.8) is 0 Å². The average molecular weight is 281 g/mol. The van der Waals surface area contributed by atoms with Gasteiger partial charge in [0.1, 0.15) is 6.10 Å². The van der Waals surface area contributed by atoms with E-state index in [0.29, 0.717) is 13.0 Å². The normalized spacial score (nSPS) is 27.3. The Morgan fingerprint density at radius 3 is 2.63 bits per heavy atom. The van der Waals surface area contributed by atoms with Crippen LogP contribution < -0.4 is 0 Å². The van der Waals surface area contributed by atoms with E-state index >= 15 is 0 Å². The molecule has 1 aromatic rings. The quantitative estimate of drug-likeness (QED) is 0.761. The van der Waals surface area contributed by atoms with Gasteiger partial charge in [-0.25, -0.2) is 8.42 Å². The summed E-state index contributed by atoms with van der Waals surface area (Å²) in [5.41, 5.74) is 1.01. The minimum Gasteiger partial charge on any atom is -0.461 e. The Morgan fingerprint density at radius 2 is 1.95 bits per heavy atom. The van der Waals surface area contributed by atoms with Gasteiger partial charge in [0, 0.05) is 6.54 Å². The van der Waals surface area contributed by atoms with E-state index in [4.69, 9.17) is 4.74 Å². The van der Waals surface area contributed by atoms with E-state index in [1.54, 1.807) is 24.3 Å². The highest BCUT2D eigenvalue weighted by molar-refractivity contribution is 7.89. The molecule has 2 aliphatic heterocycles. The zero-order valence-electron chi connectivity index (χ0n) is 10.6. The highest BCUT2D eigenvalue weighted by atomic mass is 32.2. The van der Waals surface area contributed by atoms with Gasteiger partial charge in [-0.15, -0.1) is 0 Å². The van der Waals surface area contributed by atoms with Crippen molar-refractivity contribution in [2.75, 3.05) is 6.54 Å². The second kappa shape index (κ2) is 4.31. The molecule has 3 rings (SSSR count). The van der Waals surface area contributed by atoms with Gasteiger partial charge in [0.25, 0.3) is 0 Å². The highest BCUT2D eigenvalue weighted by Crippen LogP contribution is 2.34. The predicted molar refractivity (Wildman–Crippen MR) is 68.0 cm³/mol. The molecule has 2 atom stereocenters. The van der Waals surface area contributed by atoms with E-state index in [-0.39, 0.29) is 29.4 Å². The van der Waals surface area contributed by atoms with Crippen LogP contribution in [0.2, 0.25) is 0 Å². The van der Waals surface area contributed by atoms with Gasteiger partial charge in [0.2, 0.25) is 10.0 Å². The first kappa shape index (κ1) is 12.6. The summed E-state index contributed by atoms with van der Waals surface area (Å²) >= 11 is 0. The molecule has 0 spiro atoms. The third-order valence-corrected chi connectivity index (χ3v) is 5.66. The third-order valence-electron chi connectivity index (χ3n) is 3.72. The molecule has 5 nitrogen and oxygen atoms in total. The number of hydrogen-bond acceptors (Lipinski definition) is 4. The highest BCUT2D eigenvalue weighted by Gasteiger charge is 2.48. The Labute approximate surface area is 112 Å². The van der Waals surface area contributed by atoms with Gasteiger partial charge in [-0.1, -0.05) is 17.7 Å². The molecule has 1 aromatic carbocycles. The van der Waals surface area contributed by atoms with Gasteiger partial charge >= 0.3 is 5.97 Å². The van der Waals surface area contributed by atoms with Crippen LogP contribution in [0.4, 0.5) is 0 Å². The monoisotopic (exact) mass is 281 g/mol. The molecule has 0 aromatic heterocycles. The molecule has 2 aliphatic rings. The minimum absolute atomic E-state index is 0.162. The van der Waals surface area contributed by atoms with Gasteiger partial charge in [0.05, 0.1) is 17.4 Å². The molecule has 2 heterocycles. The molecular weight excluding hydrogens is 266 g/mol. The van der Waals surface area contributed by atoms with E-state index in [2.05, 4.69) is 0 Å². The molecule has 19 heavy (non-hydrogen) atoms. The summed E-state index contributed by atoms with van der Waals surface area (Å²) in [7, 11) is -3.53. The van der Waals surface area contributed by atoms with Gasteiger partial charge < -0.3 is 4.74 Å². The van der Waals surface area contributed by atoms with E-state index in [1.807, 2.05) is 6.92 Å². The molecule has 0 unspecified atom stereocenters. The van der Waals surface area contributed by atoms with Crippen LogP contribution in [-0.4, -0.2) is 37.4 Å². The van der Waals surface area contributed by atoms with Crippen molar-refractivity contribution in [2.45, 2.75) is 36.8 Å². The number of aryl methyl sites for hydroxylation is 1. The van der Waals surface area contributed by atoms with Crippen molar-refractivity contribution in [3.05, 3.63) is 29.8 Å². The molecule has 0 radical (unpaired) electrons. The Balaban J connectivity index is 1.93. The summed E-state index contributed by atoms with van der Waals surface area (Å²) in [6.07, 6.45) is 0.477. The molecule has 0 N–H and O–H groups in total. The number of esters is 1. The van der Waals surface area contributed by atoms with E-state index in [1.165, 1.54) is 4.31 Å². The van der Waals surface area contributed by atoms with Crippen LogP contribution >= 0.6 is 0 Å². The van der Waals surface area contributed by atoms with E-state index in [0.717, 1.165) is 5.56 Å². The van der Waals surface area contributed by atoms with Crippen LogP contribution in [-0.2, 0) is 19.6 Å². The fourth-order valence-corrected chi connectivity index (χ4v) is 4.36. The standard InChI is InChI=1S/C13H15NO4S/c1-9-2-4-10(5-3-9)19(16,17)14-7-6-12-11(14)8-13(15)18-12/h2-5,11-12H,6-8H2,1H3/t11-,12-/m1/s1. The number of fused-ring (bicyclic) bond motifs is 1. The van der Waals surface area contributed by atoms with Crippen LogP contribution in [0.3, 0.4) is 0 Å². The molecule has 0 saturated carbocycles. The second-order valence-corrected chi connectivity index (χ2v) is 6.91.